The molecule has 2 aromatic carbocycles. The number of anilines is 1. The molecule has 1 N–H and O–H groups in total. The molecule has 0 atom stereocenters. The lowest BCUT2D eigenvalue weighted by atomic mass is 10.1. The summed E-state index contributed by atoms with van der Waals surface area (Å²) in [5.41, 5.74) is -4.12. The lowest BCUT2D eigenvalue weighted by molar-refractivity contribution is -0.131. The van der Waals surface area contributed by atoms with Crippen LogP contribution in [0.25, 0.3) is 0 Å². The molecule has 3 rings (SSSR count). The van der Waals surface area contributed by atoms with Crippen molar-refractivity contribution in [2.24, 2.45) is 0 Å². The second-order valence-electron chi connectivity index (χ2n) is 6.29. The van der Waals surface area contributed by atoms with Gasteiger partial charge in [-0.2, -0.15) is 21.6 Å². The van der Waals surface area contributed by atoms with Crippen molar-refractivity contribution >= 4 is 27.6 Å². The predicted octanol–water partition coefficient (Wildman–Crippen LogP) is 3.03. The highest BCUT2D eigenvalue weighted by molar-refractivity contribution is 7.93. The van der Waals surface area contributed by atoms with Crippen molar-refractivity contribution in [1.82, 2.24) is 4.90 Å². The van der Waals surface area contributed by atoms with E-state index >= 15 is 0 Å². The maximum atomic E-state index is 12.7. The number of ether oxygens (including phenoxy) is 1. The van der Waals surface area contributed by atoms with Gasteiger partial charge in [-0.15, -0.1) is 0 Å². The van der Waals surface area contributed by atoms with Crippen molar-refractivity contribution < 1.29 is 35.9 Å². The minimum atomic E-state index is -5.50. The van der Waals surface area contributed by atoms with Crippen LogP contribution in [0.5, 0.6) is 5.75 Å². The summed E-state index contributed by atoms with van der Waals surface area (Å²) in [6.07, 6.45) is 0. The molecular weight excluding hydrogens is 413 g/mol. The average molecular weight is 428 g/mol. The zero-order valence-electron chi connectivity index (χ0n) is 15.0. The Morgan fingerprint density at radius 2 is 1.83 bits per heavy atom. The molecule has 0 radical (unpaired) electrons. The van der Waals surface area contributed by atoms with E-state index in [9.17, 15) is 31.2 Å². The van der Waals surface area contributed by atoms with Crippen LogP contribution >= 0.6 is 0 Å². The molecule has 0 saturated heterocycles. The number of amides is 1. The van der Waals surface area contributed by atoms with E-state index in [0.717, 1.165) is 0 Å². The van der Waals surface area contributed by atoms with E-state index in [1.54, 1.807) is 12.1 Å². The molecule has 1 aliphatic heterocycles. The van der Waals surface area contributed by atoms with Gasteiger partial charge >= 0.3 is 21.5 Å². The Morgan fingerprint density at radius 1 is 1.17 bits per heavy atom. The number of alkyl halides is 3. The average Bonchev–Trinajstić information content (AvgIpc) is 2.92. The van der Waals surface area contributed by atoms with Gasteiger partial charge in [0.05, 0.1) is 5.56 Å². The van der Waals surface area contributed by atoms with Gasteiger partial charge in [0, 0.05) is 25.7 Å². The molecule has 7 nitrogen and oxygen atoms in total. The molecule has 0 bridgehead atoms. The van der Waals surface area contributed by atoms with E-state index in [2.05, 4.69) is 0 Å². The summed E-state index contributed by atoms with van der Waals surface area (Å²) >= 11 is 0. The Bertz CT molecular complexity index is 1070. The minimum absolute atomic E-state index is 0.138. The Balaban J connectivity index is 1.73. The molecule has 0 aromatic heterocycles. The maximum absolute atomic E-state index is 12.7. The number of nitrogens with zero attached hydrogens (tertiary/aromatic N) is 1. The molecule has 0 unspecified atom stereocenters. The Labute approximate surface area is 164 Å². The first kappa shape index (κ1) is 20.6. The van der Waals surface area contributed by atoms with Crippen LogP contribution in [0.4, 0.5) is 18.9 Å². The van der Waals surface area contributed by atoms with E-state index in [4.69, 9.17) is 4.74 Å². The molecular formula is C18H15F3N2O5S. The molecule has 0 fully saturated rings. The van der Waals surface area contributed by atoms with Gasteiger partial charge in [0.15, 0.2) is 0 Å². The van der Waals surface area contributed by atoms with Crippen LogP contribution in [0, 0.1) is 0 Å². The first-order valence-corrected chi connectivity index (χ1v) is 9.74. The third-order valence-electron chi connectivity index (χ3n) is 4.11. The number of fused-ring (bicyclic) bond motifs is 1. The standard InChI is InChI=1S/C18H15F3N2O5S/c1-11(24)28-15-4-2-3-13-10-23(17(25)16(13)15)9-12-5-7-14(8-6-12)22-29(26,27)18(19,20)21/h2-8,22H,9-10H2,1H3. The molecule has 0 aliphatic carbocycles. The largest absolute Gasteiger partial charge is 0.516 e. The van der Waals surface area contributed by atoms with Crippen molar-refractivity contribution in [3.8, 4) is 5.75 Å². The number of nitrogens with one attached hydrogen (secondary N) is 1. The van der Waals surface area contributed by atoms with E-state index in [-0.39, 0.29) is 36.0 Å². The first-order chi connectivity index (χ1) is 13.5. The fraction of sp³-hybridized carbons (Fsp3) is 0.222. The number of esters is 1. The van der Waals surface area contributed by atoms with Crippen LogP contribution < -0.4 is 9.46 Å². The number of sulfonamides is 1. The van der Waals surface area contributed by atoms with Gasteiger partial charge < -0.3 is 9.64 Å². The molecule has 2 aromatic rings. The maximum Gasteiger partial charge on any atom is 0.516 e. The summed E-state index contributed by atoms with van der Waals surface area (Å²) < 4.78 is 66.1. The van der Waals surface area contributed by atoms with Gasteiger partial charge in [-0.05, 0) is 29.3 Å². The number of hydrogen-bond donors (Lipinski definition) is 1. The molecule has 0 spiro atoms. The predicted molar refractivity (Wildman–Crippen MR) is 96.4 cm³/mol. The van der Waals surface area contributed by atoms with E-state index in [1.165, 1.54) is 46.9 Å². The monoisotopic (exact) mass is 428 g/mol. The van der Waals surface area contributed by atoms with Crippen LogP contribution in [-0.4, -0.2) is 30.7 Å². The molecule has 29 heavy (non-hydrogen) atoms. The highest BCUT2D eigenvalue weighted by atomic mass is 32.2. The summed E-state index contributed by atoms with van der Waals surface area (Å²) in [5.74, 6) is -0.736. The summed E-state index contributed by atoms with van der Waals surface area (Å²) in [6, 6.07) is 10.1. The third-order valence-corrected chi connectivity index (χ3v) is 5.23. The van der Waals surface area contributed by atoms with Gasteiger partial charge in [-0.3, -0.25) is 14.3 Å². The summed E-state index contributed by atoms with van der Waals surface area (Å²) in [7, 11) is -5.50. The summed E-state index contributed by atoms with van der Waals surface area (Å²) in [6.45, 7) is 1.64. The van der Waals surface area contributed by atoms with Crippen molar-refractivity contribution in [3.63, 3.8) is 0 Å². The van der Waals surface area contributed by atoms with Crippen molar-refractivity contribution in [2.75, 3.05) is 4.72 Å². The van der Waals surface area contributed by atoms with E-state index < -0.39 is 21.5 Å². The lowest BCUT2D eigenvalue weighted by Crippen LogP contribution is -2.29. The van der Waals surface area contributed by atoms with Crippen molar-refractivity contribution in [3.05, 3.63) is 59.2 Å². The van der Waals surface area contributed by atoms with Crippen molar-refractivity contribution in [1.29, 1.82) is 0 Å². The van der Waals surface area contributed by atoms with Gasteiger partial charge in [-0.1, -0.05) is 24.3 Å². The summed E-state index contributed by atoms with van der Waals surface area (Å²) in [5, 5.41) is 0. The van der Waals surface area contributed by atoms with Gasteiger partial charge in [-0.25, -0.2) is 0 Å². The van der Waals surface area contributed by atoms with Crippen LogP contribution in [-0.2, 0) is 27.9 Å². The topological polar surface area (TPSA) is 92.8 Å². The van der Waals surface area contributed by atoms with Gasteiger partial charge in [0.25, 0.3) is 5.91 Å². The Hall–Kier alpha value is -3.08. The number of carbonyl (C=O) groups excluding carboxylic acids is 2. The molecule has 1 amide bonds. The van der Waals surface area contributed by atoms with Crippen LogP contribution in [0.15, 0.2) is 42.5 Å². The zero-order chi connectivity index (χ0) is 21.4. The smallest absolute Gasteiger partial charge is 0.426 e. The highest BCUT2D eigenvalue weighted by Gasteiger charge is 2.46. The first-order valence-electron chi connectivity index (χ1n) is 8.25. The number of halogens is 3. The molecule has 0 saturated carbocycles. The van der Waals surface area contributed by atoms with E-state index in [0.29, 0.717) is 11.1 Å². The van der Waals surface area contributed by atoms with Crippen LogP contribution in [0.1, 0.15) is 28.4 Å². The molecule has 1 aliphatic rings. The van der Waals surface area contributed by atoms with Crippen molar-refractivity contribution in [2.45, 2.75) is 25.5 Å². The second kappa shape index (κ2) is 7.39. The SMILES string of the molecule is CC(=O)Oc1cccc2c1C(=O)N(Cc1ccc(NS(=O)(=O)C(F)(F)F)cc1)C2. The zero-order valence-corrected chi connectivity index (χ0v) is 15.8. The molecule has 154 valence electrons. The van der Waals surface area contributed by atoms with Gasteiger partial charge in [0.2, 0.25) is 0 Å². The number of hydrogen-bond acceptors (Lipinski definition) is 5. The van der Waals surface area contributed by atoms with E-state index in [1.807, 2.05) is 0 Å². The number of rotatable bonds is 5. The quantitative estimate of drug-likeness (QED) is 0.584. The Morgan fingerprint density at radius 3 is 2.41 bits per heavy atom. The fourth-order valence-corrected chi connectivity index (χ4v) is 3.43. The third kappa shape index (κ3) is 4.34. The minimum Gasteiger partial charge on any atom is -0.426 e. The number of carbonyl (C=O) groups is 2. The van der Waals surface area contributed by atoms with Crippen LogP contribution in [0.3, 0.4) is 0 Å². The van der Waals surface area contributed by atoms with Crippen LogP contribution in [0.2, 0.25) is 0 Å². The summed E-state index contributed by atoms with van der Waals surface area (Å²) in [4.78, 5) is 25.4. The highest BCUT2D eigenvalue weighted by Crippen LogP contribution is 2.32. The lowest BCUT2D eigenvalue weighted by Gasteiger charge is -2.16. The second-order valence-corrected chi connectivity index (χ2v) is 7.97. The fourth-order valence-electron chi connectivity index (χ4n) is 2.87. The molecule has 1 heterocycles. The normalized spacial score (nSPS) is 13.9. The Kier molecular flexibility index (Phi) is 5.26. The van der Waals surface area contributed by atoms with Gasteiger partial charge in [0.1, 0.15) is 5.75 Å². The molecule has 11 heteroatoms. The number of benzene rings is 2.